The fourth-order valence-electron chi connectivity index (χ4n) is 2.33. The van der Waals surface area contributed by atoms with Crippen molar-refractivity contribution in [3.63, 3.8) is 0 Å². The van der Waals surface area contributed by atoms with Gasteiger partial charge in [-0.25, -0.2) is 4.79 Å². The summed E-state index contributed by atoms with van der Waals surface area (Å²) in [7, 11) is 1.61. The Labute approximate surface area is 169 Å². The molecule has 2 aromatic rings. The van der Waals surface area contributed by atoms with E-state index in [1.54, 1.807) is 45.2 Å². The largest absolute Gasteiger partial charge is 0.497 e. The third kappa shape index (κ3) is 6.78. The molecule has 0 aromatic heterocycles. The summed E-state index contributed by atoms with van der Waals surface area (Å²) >= 11 is 5.83. The van der Waals surface area contributed by atoms with Crippen molar-refractivity contribution in [1.29, 1.82) is 0 Å². The van der Waals surface area contributed by atoms with Crippen LogP contribution in [0.3, 0.4) is 0 Å². The molecule has 1 N–H and O–H groups in total. The van der Waals surface area contributed by atoms with Crippen LogP contribution in [0.4, 0.5) is 0 Å². The molecule has 0 bridgehead atoms. The van der Waals surface area contributed by atoms with Gasteiger partial charge in [-0.2, -0.15) is 0 Å². The molecule has 0 saturated carbocycles. The molecule has 28 heavy (non-hydrogen) atoms. The summed E-state index contributed by atoms with van der Waals surface area (Å²) in [6.07, 6.45) is 0.662. The lowest BCUT2D eigenvalue weighted by molar-refractivity contribution is -0.162. The van der Waals surface area contributed by atoms with Crippen molar-refractivity contribution in [1.82, 2.24) is 5.32 Å². The van der Waals surface area contributed by atoms with Crippen molar-refractivity contribution in [2.75, 3.05) is 20.3 Å². The van der Waals surface area contributed by atoms with Gasteiger partial charge in [0.05, 0.1) is 7.11 Å². The van der Waals surface area contributed by atoms with Gasteiger partial charge in [-0.3, -0.25) is 4.79 Å². The third-order valence-corrected chi connectivity index (χ3v) is 4.16. The van der Waals surface area contributed by atoms with Gasteiger partial charge in [0.25, 0.3) is 5.91 Å². The lowest BCUT2D eigenvalue weighted by Crippen LogP contribution is -2.41. The smallest absolute Gasteiger partial charge is 0.350 e. The zero-order valence-corrected chi connectivity index (χ0v) is 16.9. The maximum atomic E-state index is 12.2. The van der Waals surface area contributed by atoms with Crippen molar-refractivity contribution in [2.24, 2.45) is 0 Å². The maximum Gasteiger partial charge on any atom is 0.350 e. The molecule has 6 nitrogen and oxygen atoms in total. The van der Waals surface area contributed by atoms with Crippen molar-refractivity contribution in [2.45, 2.75) is 25.9 Å². The normalized spacial score (nSPS) is 10.9. The van der Waals surface area contributed by atoms with Crippen molar-refractivity contribution < 1.29 is 23.8 Å². The van der Waals surface area contributed by atoms with Gasteiger partial charge < -0.3 is 19.5 Å². The SMILES string of the molecule is COc1ccc(CCNC(=O)COC(=O)C(C)(C)Oc2ccc(Cl)cc2)cc1. The van der Waals surface area contributed by atoms with Gasteiger partial charge in [0.15, 0.2) is 12.2 Å². The van der Waals surface area contributed by atoms with Gasteiger partial charge in [0.1, 0.15) is 11.5 Å². The van der Waals surface area contributed by atoms with Crippen LogP contribution < -0.4 is 14.8 Å². The summed E-state index contributed by atoms with van der Waals surface area (Å²) in [5.74, 6) is 0.260. The van der Waals surface area contributed by atoms with E-state index in [2.05, 4.69) is 5.32 Å². The summed E-state index contributed by atoms with van der Waals surface area (Å²) in [5, 5.41) is 3.29. The number of halogens is 1. The van der Waals surface area contributed by atoms with E-state index >= 15 is 0 Å². The Morgan fingerprint density at radius 1 is 1.00 bits per heavy atom. The Balaban J connectivity index is 1.72. The van der Waals surface area contributed by atoms with Gasteiger partial charge in [-0.15, -0.1) is 0 Å². The van der Waals surface area contributed by atoms with Crippen LogP contribution in [0.2, 0.25) is 5.02 Å². The first-order chi connectivity index (χ1) is 13.3. The van der Waals surface area contributed by atoms with E-state index in [1.807, 2.05) is 24.3 Å². The second-order valence-corrected chi connectivity index (χ2v) is 7.03. The standard InChI is InChI=1S/C21H24ClNO5/c1-21(2,28-18-10-6-16(22)7-11-18)20(25)27-14-19(24)23-13-12-15-4-8-17(26-3)9-5-15/h4-11H,12-14H2,1-3H3,(H,23,24). The predicted molar refractivity (Wildman–Crippen MR) is 107 cm³/mol. The van der Waals surface area contributed by atoms with Gasteiger partial charge >= 0.3 is 5.97 Å². The highest BCUT2D eigenvalue weighted by Crippen LogP contribution is 2.21. The Hall–Kier alpha value is -2.73. The van der Waals surface area contributed by atoms with Gasteiger partial charge in [0.2, 0.25) is 0 Å². The molecule has 0 spiro atoms. The van der Waals surface area contributed by atoms with Crippen molar-refractivity contribution in [3.8, 4) is 11.5 Å². The molecule has 0 unspecified atom stereocenters. The van der Waals surface area contributed by atoms with Gasteiger partial charge in [-0.1, -0.05) is 23.7 Å². The number of carbonyl (C=O) groups excluding carboxylic acids is 2. The van der Waals surface area contributed by atoms with Crippen LogP contribution in [0.15, 0.2) is 48.5 Å². The zero-order chi connectivity index (χ0) is 20.6. The second-order valence-electron chi connectivity index (χ2n) is 6.59. The van der Waals surface area contributed by atoms with Gasteiger partial charge in [0, 0.05) is 11.6 Å². The number of nitrogens with one attached hydrogen (secondary N) is 1. The molecule has 0 radical (unpaired) electrons. The van der Waals surface area contributed by atoms with E-state index in [0.717, 1.165) is 11.3 Å². The number of methoxy groups -OCH3 is 1. The van der Waals surface area contributed by atoms with Crippen LogP contribution in [-0.4, -0.2) is 37.7 Å². The number of hydrogen-bond donors (Lipinski definition) is 1. The van der Waals surface area contributed by atoms with Crippen LogP contribution in [0, 0.1) is 0 Å². The molecule has 2 rings (SSSR count). The number of benzene rings is 2. The van der Waals surface area contributed by atoms with E-state index in [-0.39, 0.29) is 12.5 Å². The van der Waals surface area contributed by atoms with Crippen LogP contribution in [0.25, 0.3) is 0 Å². The second kappa shape index (κ2) is 9.99. The van der Waals surface area contributed by atoms with E-state index in [1.165, 1.54) is 0 Å². The minimum absolute atomic E-state index is 0.366. The average molecular weight is 406 g/mol. The highest BCUT2D eigenvalue weighted by atomic mass is 35.5. The summed E-state index contributed by atoms with van der Waals surface area (Å²) in [6, 6.07) is 14.2. The predicted octanol–water partition coefficient (Wildman–Crippen LogP) is 3.41. The molecule has 0 heterocycles. The summed E-state index contributed by atoms with van der Waals surface area (Å²) < 4.78 is 15.8. The Bertz CT molecular complexity index is 787. The highest BCUT2D eigenvalue weighted by Gasteiger charge is 2.32. The molecule has 0 fully saturated rings. The fourth-order valence-corrected chi connectivity index (χ4v) is 2.46. The molecule has 0 aliphatic heterocycles. The van der Waals surface area contributed by atoms with Crippen LogP contribution in [-0.2, 0) is 20.7 Å². The lowest BCUT2D eigenvalue weighted by atomic mass is 10.1. The average Bonchev–Trinajstić information content (AvgIpc) is 2.68. The minimum atomic E-state index is -1.24. The minimum Gasteiger partial charge on any atom is -0.497 e. The van der Waals surface area contributed by atoms with Crippen molar-refractivity contribution in [3.05, 3.63) is 59.1 Å². The van der Waals surface area contributed by atoms with E-state index in [4.69, 9.17) is 25.8 Å². The van der Waals surface area contributed by atoms with E-state index < -0.39 is 11.6 Å². The first-order valence-electron chi connectivity index (χ1n) is 8.81. The van der Waals surface area contributed by atoms with Crippen LogP contribution in [0.1, 0.15) is 19.4 Å². The topological polar surface area (TPSA) is 73.9 Å². The number of hydrogen-bond acceptors (Lipinski definition) is 5. The lowest BCUT2D eigenvalue weighted by Gasteiger charge is -2.24. The van der Waals surface area contributed by atoms with Gasteiger partial charge in [-0.05, 0) is 62.2 Å². The Kier molecular flexibility index (Phi) is 7.70. The number of rotatable bonds is 9. The molecular formula is C21H24ClNO5. The van der Waals surface area contributed by atoms with Crippen molar-refractivity contribution >= 4 is 23.5 Å². The molecule has 0 saturated heterocycles. The Morgan fingerprint density at radius 3 is 2.21 bits per heavy atom. The third-order valence-electron chi connectivity index (χ3n) is 3.91. The quantitative estimate of drug-likeness (QED) is 0.647. The summed E-state index contributed by atoms with van der Waals surface area (Å²) in [5.41, 5.74) is -0.174. The molecule has 0 atom stereocenters. The van der Waals surface area contributed by atoms with E-state index in [0.29, 0.717) is 23.7 Å². The van der Waals surface area contributed by atoms with Crippen LogP contribution in [0.5, 0.6) is 11.5 Å². The number of amides is 1. The van der Waals surface area contributed by atoms with Crippen LogP contribution >= 0.6 is 11.6 Å². The molecule has 0 aliphatic rings. The highest BCUT2D eigenvalue weighted by molar-refractivity contribution is 6.30. The number of esters is 1. The Morgan fingerprint density at radius 2 is 1.61 bits per heavy atom. The first kappa shape index (κ1) is 21.6. The zero-order valence-electron chi connectivity index (χ0n) is 16.2. The maximum absolute atomic E-state index is 12.2. The molecule has 150 valence electrons. The molecule has 2 aromatic carbocycles. The first-order valence-corrected chi connectivity index (χ1v) is 9.19. The van der Waals surface area contributed by atoms with E-state index in [9.17, 15) is 9.59 Å². The summed E-state index contributed by atoms with van der Waals surface area (Å²) in [6.45, 7) is 3.22. The molecule has 1 amide bonds. The summed E-state index contributed by atoms with van der Waals surface area (Å²) in [4.78, 5) is 24.1. The molecule has 0 aliphatic carbocycles. The number of carbonyl (C=O) groups is 2. The number of ether oxygens (including phenoxy) is 3. The molecule has 7 heteroatoms. The molecular weight excluding hydrogens is 382 g/mol. The monoisotopic (exact) mass is 405 g/mol. The fraction of sp³-hybridized carbons (Fsp3) is 0.333.